The van der Waals surface area contributed by atoms with E-state index in [1.165, 1.54) is 31.7 Å². The molecule has 1 aliphatic heterocycles. The first kappa shape index (κ1) is 16.5. The Morgan fingerprint density at radius 3 is 2.48 bits per heavy atom. The minimum absolute atomic E-state index is 0.206. The summed E-state index contributed by atoms with van der Waals surface area (Å²) in [6, 6.07) is 4.91. The average Bonchev–Trinajstić information content (AvgIpc) is 2.73. The Morgan fingerprint density at radius 1 is 1.09 bits per heavy atom. The van der Waals surface area contributed by atoms with Gasteiger partial charge >= 0.3 is 0 Å². The largest absolute Gasteiger partial charge is 0.390 e. The van der Waals surface area contributed by atoms with Crippen LogP contribution in [0.4, 0.5) is 4.39 Å². The molecule has 0 saturated carbocycles. The van der Waals surface area contributed by atoms with Crippen LogP contribution >= 0.6 is 0 Å². The summed E-state index contributed by atoms with van der Waals surface area (Å²) in [6.45, 7) is 7.54. The lowest BCUT2D eigenvalue weighted by Gasteiger charge is -2.24. The molecular weight excluding hydrogens is 291 g/mol. The lowest BCUT2D eigenvalue weighted by Crippen LogP contribution is -2.35. The first-order chi connectivity index (χ1) is 11.1. The van der Waals surface area contributed by atoms with E-state index in [0.29, 0.717) is 6.54 Å². The van der Waals surface area contributed by atoms with Gasteiger partial charge in [-0.3, -0.25) is 0 Å². The van der Waals surface area contributed by atoms with Crippen molar-refractivity contribution in [3.8, 4) is 0 Å². The van der Waals surface area contributed by atoms with Gasteiger partial charge in [0.2, 0.25) is 0 Å². The van der Waals surface area contributed by atoms with Crippen LogP contribution in [0.2, 0.25) is 0 Å². The minimum Gasteiger partial charge on any atom is -0.390 e. The Bertz CT molecular complexity index is 672. The number of aliphatic hydroxyl groups excluding tert-OH is 1. The van der Waals surface area contributed by atoms with Crippen molar-refractivity contribution >= 4 is 10.9 Å². The quantitative estimate of drug-likeness (QED) is 0.932. The molecule has 1 fully saturated rings. The van der Waals surface area contributed by atoms with Crippen molar-refractivity contribution in [2.45, 2.75) is 52.2 Å². The monoisotopic (exact) mass is 318 g/mol. The van der Waals surface area contributed by atoms with Gasteiger partial charge in [-0.05, 0) is 63.5 Å². The summed E-state index contributed by atoms with van der Waals surface area (Å²) in [5.41, 5.74) is 3.22. The van der Waals surface area contributed by atoms with Crippen molar-refractivity contribution < 1.29 is 9.50 Å². The van der Waals surface area contributed by atoms with Gasteiger partial charge in [-0.2, -0.15) is 0 Å². The Hall–Kier alpha value is -1.39. The fourth-order valence-electron chi connectivity index (χ4n) is 3.74. The van der Waals surface area contributed by atoms with Gasteiger partial charge in [0.05, 0.1) is 12.6 Å². The van der Waals surface area contributed by atoms with E-state index in [9.17, 15) is 9.50 Å². The highest BCUT2D eigenvalue weighted by molar-refractivity contribution is 5.85. The summed E-state index contributed by atoms with van der Waals surface area (Å²) >= 11 is 0. The topological polar surface area (TPSA) is 28.4 Å². The normalized spacial score (nSPS) is 18.3. The molecule has 2 heterocycles. The van der Waals surface area contributed by atoms with Crippen LogP contribution < -0.4 is 0 Å². The molecule has 1 N–H and O–H groups in total. The van der Waals surface area contributed by atoms with Gasteiger partial charge in [-0.15, -0.1) is 0 Å². The molecule has 1 atom stereocenters. The zero-order chi connectivity index (χ0) is 16.4. The van der Waals surface area contributed by atoms with Crippen molar-refractivity contribution in [1.82, 2.24) is 9.47 Å². The third-order valence-corrected chi connectivity index (χ3v) is 5.16. The molecule has 0 amide bonds. The molecule has 0 bridgehead atoms. The first-order valence-corrected chi connectivity index (χ1v) is 8.71. The predicted octanol–water partition coefficient (Wildman–Crippen LogP) is 3.63. The molecule has 1 aliphatic rings. The van der Waals surface area contributed by atoms with Gasteiger partial charge in [0.25, 0.3) is 0 Å². The van der Waals surface area contributed by atoms with Crippen LogP contribution in [0.5, 0.6) is 0 Å². The highest BCUT2D eigenvalue weighted by Crippen LogP contribution is 2.26. The number of β-amino-alcohol motifs (C(OH)–C–C–N with tert-alkyl or cyclic N) is 1. The summed E-state index contributed by atoms with van der Waals surface area (Å²) in [5, 5.41) is 11.5. The molecule has 1 aromatic heterocycles. The van der Waals surface area contributed by atoms with Crippen molar-refractivity contribution in [2.75, 3.05) is 19.6 Å². The fraction of sp³-hybridized carbons (Fsp3) is 0.579. The maximum absolute atomic E-state index is 13.5. The Labute approximate surface area is 137 Å². The van der Waals surface area contributed by atoms with Gasteiger partial charge in [-0.25, -0.2) is 4.39 Å². The molecule has 0 aliphatic carbocycles. The number of halogens is 1. The van der Waals surface area contributed by atoms with E-state index in [0.717, 1.165) is 41.8 Å². The Kier molecular flexibility index (Phi) is 5.02. The molecule has 4 heteroatoms. The molecule has 3 nitrogen and oxygen atoms in total. The highest BCUT2D eigenvalue weighted by Gasteiger charge is 2.17. The number of fused-ring (bicyclic) bond motifs is 1. The molecule has 0 radical (unpaired) electrons. The van der Waals surface area contributed by atoms with Crippen LogP contribution in [-0.4, -0.2) is 40.3 Å². The van der Waals surface area contributed by atoms with Gasteiger partial charge in [0.1, 0.15) is 5.82 Å². The molecule has 1 saturated heterocycles. The van der Waals surface area contributed by atoms with Crippen LogP contribution in [-0.2, 0) is 6.54 Å². The summed E-state index contributed by atoms with van der Waals surface area (Å²) in [4.78, 5) is 2.38. The highest BCUT2D eigenvalue weighted by atomic mass is 19.1. The summed E-state index contributed by atoms with van der Waals surface area (Å²) < 4.78 is 15.6. The number of aliphatic hydroxyl groups is 1. The molecular formula is C19H27FN2O. The van der Waals surface area contributed by atoms with Crippen LogP contribution in [0, 0.1) is 19.7 Å². The maximum Gasteiger partial charge on any atom is 0.123 e. The third-order valence-electron chi connectivity index (χ3n) is 5.16. The predicted molar refractivity (Wildman–Crippen MR) is 92.3 cm³/mol. The summed E-state index contributed by atoms with van der Waals surface area (Å²) in [6.07, 6.45) is 4.68. The van der Waals surface area contributed by atoms with Crippen LogP contribution in [0.3, 0.4) is 0 Å². The molecule has 3 rings (SSSR count). The van der Waals surface area contributed by atoms with E-state index in [1.807, 2.05) is 19.9 Å². The molecule has 126 valence electrons. The summed E-state index contributed by atoms with van der Waals surface area (Å²) in [5.74, 6) is -0.206. The number of benzene rings is 1. The van der Waals surface area contributed by atoms with Crippen molar-refractivity contribution in [2.24, 2.45) is 0 Å². The molecule has 2 aromatic rings. The zero-order valence-electron chi connectivity index (χ0n) is 14.2. The average molecular weight is 318 g/mol. The smallest absolute Gasteiger partial charge is 0.123 e. The van der Waals surface area contributed by atoms with Gasteiger partial charge < -0.3 is 14.6 Å². The fourth-order valence-corrected chi connectivity index (χ4v) is 3.74. The van der Waals surface area contributed by atoms with E-state index >= 15 is 0 Å². The van der Waals surface area contributed by atoms with E-state index in [1.54, 1.807) is 6.07 Å². The van der Waals surface area contributed by atoms with E-state index in [2.05, 4.69) is 9.47 Å². The maximum atomic E-state index is 13.5. The zero-order valence-corrected chi connectivity index (χ0v) is 14.2. The van der Waals surface area contributed by atoms with E-state index < -0.39 is 6.10 Å². The summed E-state index contributed by atoms with van der Waals surface area (Å²) in [7, 11) is 0. The molecule has 0 spiro atoms. The second kappa shape index (κ2) is 7.02. The number of aryl methyl sites for hydroxylation is 1. The molecule has 23 heavy (non-hydrogen) atoms. The number of nitrogens with zero attached hydrogens (tertiary/aromatic N) is 2. The third kappa shape index (κ3) is 3.59. The standard InChI is InChI=1S/C19H27FN2O/c1-14-15(2)22(19-8-7-16(20)11-18(14)19)13-17(23)12-21-9-5-3-4-6-10-21/h7-8,11,17,23H,3-6,9-10,12-13H2,1-2H3. The SMILES string of the molecule is Cc1c(C)n(CC(O)CN2CCCCCC2)c2ccc(F)cc12. The first-order valence-electron chi connectivity index (χ1n) is 8.71. The number of hydrogen-bond acceptors (Lipinski definition) is 2. The van der Waals surface area contributed by atoms with Gasteiger partial charge in [0.15, 0.2) is 0 Å². The second-order valence-electron chi connectivity index (χ2n) is 6.85. The Balaban J connectivity index is 1.76. The van der Waals surface area contributed by atoms with Crippen LogP contribution in [0.25, 0.3) is 10.9 Å². The number of aromatic nitrogens is 1. The number of hydrogen-bond donors (Lipinski definition) is 1. The lowest BCUT2D eigenvalue weighted by molar-refractivity contribution is 0.100. The number of likely N-dealkylation sites (tertiary alicyclic amines) is 1. The minimum atomic E-state index is -0.396. The molecule has 1 unspecified atom stereocenters. The van der Waals surface area contributed by atoms with Gasteiger partial charge in [0, 0.05) is 23.1 Å². The van der Waals surface area contributed by atoms with Crippen molar-refractivity contribution in [3.63, 3.8) is 0 Å². The van der Waals surface area contributed by atoms with Crippen molar-refractivity contribution in [3.05, 3.63) is 35.3 Å². The van der Waals surface area contributed by atoms with Crippen LogP contribution in [0.1, 0.15) is 36.9 Å². The Morgan fingerprint density at radius 2 is 1.78 bits per heavy atom. The second-order valence-corrected chi connectivity index (χ2v) is 6.85. The van der Waals surface area contributed by atoms with Crippen LogP contribution in [0.15, 0.2) is 18.2 Å². The number of rotatable bonds is 4. The lowest BCUT2D eigenvalue weighted by atomic mass is 10.1. The van der Waals surface area contributed by atoms with E-state index in [4.69, 9.17) is 0 Å². The van der Waals surface area contributed by atoms with Gasteiger partial charge in [-0.1, -0.05) is 12.8 Å². The van der Waals surface area contributed by atoms with E-state index in [-0.39, 0.29) is 5.82 Å². The molecule has 1 aromatic carbocycles. The van der Waals surface area contributed by atoms with Crippen molar-refractivity contribution in [1.29, 1.82) is 0 Å².